The molecule has 36 heavy (non-hydrogen) atoms. The van der Waals surface area contributed by atoms with Crippen molar-refractivity contribution in [2.75, 3.05) is 26.7 Å². The molecule has 3 atom stereocenters. The summed E-state index contributed by atoms with van der Waals surface area (Å²) in [6, 6.07) is 10.8. The molecule has 0 aromatic heterocycles. The van der Waals surface area contributed by atoms with E-state index >= 15 is 0 Å². The molecule has 1 aliphatic rings. The van der Waals surface area contributed by atoms with E-state index in [1.54, 1.807) is 31.2 Å². The van der Waals surface area contributed by atoms with Crippen molar-refractivity contribution in [3.05, 3.63) is 59.4 Å². The zero-order valence-electron chi connectivity index (χ0n) is 21.7. The molecule has 2 aromatic rings. The van der Waals surface area contributed by atoms with Crippen LogP contribution >= 0.6 is 0 Å². The number of hydrogen-bond acceptors (Lipinski definition) is 5. The van der Waals surface area contributed by atoms with E-state index in [4.69, 9.17) is 4.74 Å². The standard InChI is InChI=1S/C28H37FN2O4S/c1-20(2)8-6-9-23-12-13-28-26(15-23)35-27(18-30(5)17-24-10-7-11-25(29)14-24)21(3)16-31(22(4)19-32)36(28,33)34/h7,10-15,20-22,27,32H,8,16-19H2,1-5H3/t21-,22-,27-/m1/s1. The number of likely N-dealkylation sites (N-methyl/N-ethyl adjacent to an activating group) is 1. The Bertz CT molecular complexity index is 1210. The summed E-state index contributed by atoms with van der Waals surface area (Å²) in [5.41, 5.74) is 1.53. The van der Waals surface area contributed by atoms with Gasteiger partial charge < -0.3 is 9.84 Å². The third-order valence-corrected chi connectivity index (χ3v) is 8.26. The highest BCUT2D eigenvalue weighted by molar-refractivity contribution is 7.89. The predicted octanol–water partition coefficient (Wildman–Crippen LogP) is 4.12. The maximum atomic E-state index is 13.7. The van der Waals surface area contributed by atoms with Gasteiger partial charge in [0.25, 0.3) is 0 Å². The first kappa shape index (κ1) is 28.1. The van der Waals surface area contributed by atoms with Crippen molar-refractivity contribution in [2.24, 2.45) is 11.8 Å². The summed E-state index contributed by atoms with van der Waals surface area (Å²) in [6.45, 7) is 8.77. The van der Waals surface area contributed by atoms with Crippen LogP contribution in [0, 0.1) is 29.5 Å². The largest absolute Gasteiger partial charge is 0.487 e. The molecule has 8 heteroatoms. The van der Waals surface area contributed by atoms with E-state index in [1.165, 1.54) is 16.4 Å². The number of fused-ring (bicyclic) bond motifs is 1. The monoisotopic (exact) mass is 516 g/mol. The normalized spacial score (nSPS) is 20.6. The molecule has 3 rings (SSSR count). The summed E-state index contributed by atoms with van der Waals surface area (Å²) in [6.07, 6.45) is 0.396. The molecule has 2 aromatic carbocycles. The molecule has 6 nitrogen and oxygen atoms in total. The minimum atomic E-state index is -3.90. The fourth-order valence-electron chi connectivity index (χ4n) is 4.20. The van der Waals surface area contributed by atoms with E-state index in [0.29, 0.717) is 24.6 Å². The maximum absolute atomic E-state index is 13.7. The molecule has 0 saturated heterocycles. The van der Waals surface area contributed by atoms with Gasteiger partial charge in [0.05, 0.1) is 6.61 Å². The lowest BCUT2D eigenvalue weighted by Gasteiger charge is -2.37. The van der Waals surface area contributed by atoms with E-state index < -0.39 is 16.1 Å². The van der Waals surface area contributed by atoms with Crippen LogP contribution in [0.2, 0.25) is 0 Å². The van der Waals surface area contributed by atoms with Crippen molar-refractivity contribution in [3.8, 4) is 17.6 Å². The quantitative estimate of drug-likeness (QED) is 0.561. The topological polar surface area (TPSA) is 70.1 Å². The average Bonchev–Trinajstić information content (AvgIpc) is 2.80. The lowest BCUT2D eigenvalue weighted by Crippen LogP contribution is -2.49. The Labute approximate surface area is 215 Å². The Morgan fingerprint density at radius 3 is 2.64 bits per heavy atom. The van der Waals surface area contributed by atoms with Gasteiger partial charge in [-0.2, -0.15) is 4.31 Å². The Balaban J connectivity index is 1.96. The average molecular weight is 517 g/mol. The zero-order chi connectivity index (χ0) is 26.5. The second-order valence-electron chi connectivity index (χ2n) is 10.1. The van der Waals surface area contributed by atoms with Crippen molar-refractivity contribution in [2.45, 2.75) is 57.7 Å². The number of rotatable bonds is 7. The Morgan fingerprint density at radius 1 is 1.22 bits per heavy atom. The first-order valence-electron chi connectivity index (χ1n) is 12.4. The molecule has 0 amide bonds. The smallest absolute Gasteiger partial charge is 0.247 e. The molecule has 1 N–H and O–H groups in total. The van der Waals surface area contributed by atoms with Crippen LogP contribution in [0.25, 0.3) is 0 Å². The molecular weight excluding hydrogens is 479 g/mol. The number of benzene rings is 2. The molecule has 0 bridgehead atoms. The van der Waals surface area contributed by atoms with Gasteiger partial charge in [-0.05, 0) is 55.8 Å². The second-order valence-corrected chi connectivity index (χ2v) is 12.0. The molecule has 0 unspecified atom stereocenters. The number of hydrogen-bond donors (Lipinski definition) is 1. The summed E-state index contributed by atoms with van der Waals surface area (Å²) in [7, 11) is -1.97. The number of sulfonamides is 1. The van der Waals surface area contributed by atoms with Gasteiger partial charge >= 0.3 is 0 Å². The van der Waals surface area contributed by atoms with Crippen molar-refractivity contribution in [1.82, 2.24) is 9.21 Å². The van der Waals surface area contributed by atoms with Crippen molar-refractivity contribution < 1.29 is 22.7 Å². The minimum absolute atomic E-state index is 0.0712. The predicted molar refractivity (Wildman–Crippen MR) is 140 cm³/mol. The molecular formula is C28H37FN2O4S. The third kappa shape index (κ3) is 7.07. The summed E-state index contributed by atoms with van der Waals surface area (Å²) >= 11 is 0. The fourth-order valence-corrected chi connectivity index (χ4v) is 6.02. The van der Waals surface area contributed by atoms with E-state index in [1.807, 2.05) is 24.9 Å². The van der Waals surface area contributed by atoms with Crippen LogP contribution in [0.3, 0.4) is 0 Å². The Morgan fingerprint density at radius 2 is 1.97 bits per heavy atom. The van der Waals surface area contributed by atoms with Crippen LogP contribution < -0.4 is 4.74 Å². The molecule has 0 saturated carbocycles. The maximum Gasteiger partial charge on any atom is 0.247 e. The van der Waals surface area contributed by atoms with Crippen LogP contribution in [0.1, 0.15) is 45.2 Å². The SMILES string of the molecule is CC(C)CC#Cc1ccc2c(c1)O[C@H](CN(C)Cc1cccc(F)c1)[C@H](C)CN([C@H](C)CO)S2(=O)=O. The van der Waals surface area contributed by atoms with E-state index in [9.17, 15) is 17.9 Å². The van der Waals surface area contributed by atoms with Crippen LogP contribution in [0.15, 0.2) is 47.4 Å². The van der Waals surface area contributed by atoms with Gasteiger partial charge in [-0.15, -0.1) is 0 Å². The van der Waals surface area contributed by atoms with Crippen LogP contribution in [-0.4, -0.2) is 61.6 Å². The molecule has 0 fully saturated rings. The lowest BCUT2D eigenvalue weighted by molar-refractivity contribution is 0.0733. The summed E-state index contributed by atoms with van der Waals surface area (Å²) in [5.74, 6) is 6.50. The number of ether oxygens (including phenoxy) is 1. The highest BCUT2D eigenvalue weighted by Crippen LogP contribution is 2.34. The van der Waals surface area contributed by atoms with Crippen molar-refractivity contribution >= 4 is 10.0 Å². The van der Waals surface area contributed by atoms with Gasteiger partial charge in [-0.25, -0.2) is 12.8 Å². The van der Waals surface area contributed by atoms with Gasteiger partial charge in [0.15, 0.2) is 0 Å². The van der Waals surface area contributed by atoms with Gasteiger partial charge in [0, 0.05) is 43.6 Å². The molecule has 0 spiro atoms. The summed E-state index contributed by atoms with van der Waals surface area (Å²) < 4.78 is 48.6. The molecule has 1 heterocycles. The van der Waals surface area contributed by atoms with Gasteiger partial charge in [0.2, 0.25) is 10.0 Å². The zero-order valence-corrected chi connectivity index (χ0v) is 22.6. The number of aliphatic hydroxyl groups excluding tert-OH is 1. The second kappa shape index (κ2) is 12.2. The minimum Gasteiger partial charge on any atom is -0.487 e. The highest BCUT2D eigenvalue weighted by atomic mass is 32.2. The molecule has 1 aliphatic heterocycles. The van der Waals surface area contributed by atoms with E-state index in [0.717, 1.165) is 12.0 Å². The number of halogens is 1. The summed E-state index contributed by atoms with van der Waals surface area (Å²) in [5, 5.41) is 9.80. The Hall–Kier alpha value is -2.44. The molecule has 0 radical (unpaired) electrons. The van der Waals surface area contributed by atoms with Crippen LogP contribution in [0.5, 0.6) is 5.75 Å². The van der Waals surface area contributed by atoms with E-state index in [2.05, 4.69) is 25.7 Å². The first-order chi connectivity index (χ1) is 17.0. The van der Waals surface area contributed by atoms with E-state index in [-0.39, 0.29) is 41.6 Å². The number of aliphatic hydroxyl groups is 1. The van der Waals surface area contributed by atoms with Crippen molar-refractivity contribution in [1.29, 1.82) is 0 Å². The highest BCUT2D eigenvalue weighted by Gasteiger charge is 2.38. The van der Waals surface area contributed by atoms with Crippen LogP contribution in [0.4, 0.5) is 4.39 Å². The fraction of sp³-hybridized carbons (Fsp3) is 0.500. The first-order valence-corrected chi connectivity index (χ1v) is 13.8. The molecule has 0 aliphatic carbocycles. The van der Waals surface area contributed by atoms with Gasteiger partial charge in [-0.1, -0.05) is 44.7 Å². The number of nitrogens with zero attached hydrogens (tertiary/aromatic N) is 2. The Kier molecular flexibility index (Phi) is 9.53. The van der Waals surface area contributed by atoms with Crippen molar-refractivity contribution in [3.63, 3.8) is 0 Å². The lowest BCUT2D eigenvalue weighted by atomic mass is 10.0. The molecule has 196 valence electrons. The van der Waals surface area contributed by atoms with Gasteiger partial charge in [-0.3, -0.25) is 4.90 Å². The van der Waals surface area contributed by atoms with Gasteiger partial charge in [0.1, 0.15) is 22.6 Å². The van der Waals surface area contributed by atoms with Crippen LogP contribution in [-0.2, 0) is 16.6 Å². The third-order valence-electron chi connectivity index (χ3n) is 6.24. The summed E-state index contributed by atoms with van der Waals surface area (Å²) in [4.78, 5) is 2.11.